The zero-order valence-corrected chi connectivity index (χ0v) is 17.0. The third-order valence-electron chi connectivity index (χ3n) is 3.60. The van der Waals surface area contributed by atoms with Gasteiger partial charge in [0.25, 0.3) is 0 Å². The van der Waals surface area contributed by atoms with Crippen LogP contribution in [0.3, 0.4) is 0 Å². The molecule has 9 heteroatoms. The molecular formula is C14H21IN6S2. The van der Waals surface area contributed by atoms with Crippen molar-refractivity contribution in [2.75, 3.05) is 31.1 Å². The van der Waals surface area contributed by atoms with Gasteiger partial charge in [0.1, 0.15) is 0 Å². The molecule has 0 aliphatic carbocycles. The van der Waals surface area contributed by atoms with Gasteiger partial charge in [-0.05, 0) is 6.42 Å². The highest BCUT2D eigenvalue weighted by Gasteiger charge is 2.19. The van der Waals surface area contributed by atoms with Crippen molar-refractivity contribution < 1.29 is 0 Å². The van der Waals surface area contributed by atoms with E-state index in [-0.39, 0.29) is 24.0 Å². The van der Waals surface area contributed by atoms with Crippen molar-refractivity contribution in [3.63, 3.8) is 0 Å². The lowest BCUT2D eigenvalue weighted by Crippen LogP contribution is -2.51. The number of nitrogens with zero attached hydrogens (tertiary/aromatic N) is 5. The second-order valence-corrected chi connectivity index (χ2v) is 6.87. The Hall–Kier alpha value is -0.940. The molecule has 6 nitrogen and oxygen atoms in total. The number of piperazine rings is 1. The molecule has 0 saturated carbocycles. The van der Waals surface area contributed by atoms with Crippen LogP contribution in [0.25, 0.3) is 0 Å². The normalized spacial score (nSPS) is 15.6. The van der Waals surface area contributed by atoms with Crippen molar-refractivity contribution in [2.24, 2.45) is 10.7 Å². The van der Waals surface area contributed by atoms with Crippen LogP contribution in [-0.2, 0) is 13.0 Å². The first kappa shape index (κ1) is 18.4. The molecule has 23 heavy (non-hydrogen) atoms. The summed E-state index contributed by atoms with van der Waals surface area (Å²) in [6, 6.07) is 0. The molecule has 1 fully saturated rings. The van der Waals surface area contributed by atoms with E-state index in [4.69, 9.17) is 5.73 Å². The highest BCUT2D eigenvalue weighted by Crippen LogP contribution is 2.18. The zero-order chi connectivity index (χ0) is 15.4. The van der Waals surface area contributed by atoms with Crippen LogP contribution in [0.1, 0.15) is 17.6 Å². The Balaban J connectivity index is 0.00000192. The molecule has 0 aromatic carbocycles. The molecule has 0 atom stereocenters. The fourth-order valence-electron chi connectivity index (χ4n) is 2.34. The number of anilines is 1. The number of rotatable bonds is 4. The number of halogens is 1. The molecule has 1 aliphatic rings. The van der Waals surface area contributed by atoms with Crippen LogP contribution in [0, 0.1) is 0 Å². The summed E-state index contributed by atoms with van der Waals surface area (Å²) in [5, 5.41) is 6.32. The van der Waals surface area contributed by atoms with Crippen LogP contribution in [0.5, 0.6) is 0 Å². The summed E-state index contributed by atoms with van der Waals surface area (Å²) in [6.45, 7) is 6.30. The Labute approximate surface area is 161 Å². The third-order valence-corrected chi connectivity index (χ3v) is 5.47. The number of aromatic nitrogens is 2. The third kappa shape index (κ3) is 4.77. The van der Waals surface area contributed by atoms with Crippen LogP contribution >= 0.6 is 46.7 Å². The monoisotopic (exact) mass is 464 g/mol. The Bertz CT molecular complexity index is 619. The Morgan fingerprint density at radius 2 is 2.09 bits per heavy atom. The van der Waals surface area contributed by atoms with Gasteiger partial charge in [0, 0.05) is 43.1 Å². The lowest BCUT2D eigenvalue weighted by molar-refractivity contribution is 0.380. The number of aliphatic imine (C=N–C) groups is 1. The number of guanidine groups is 1. The lowest BCUT2D eigenvalue weighted by atomic mass is 10.3. The maximum Gasteiger partial charge on any atom is 0.191 e. The summed E-state index contributed by atoms with van der Waals surface area (Å²) in [6.07, 6.45) is 2.82. The first-order chi connectivity index (χ1) is 10.8. The van der Waals surface area contributed by atoms with Crippen LogP contribution in [0.15, 0.2) is 21.9 Å². The summed E-state index contributed by atoms with van der Waals surface area (Å²) >= 11 is 3.37. The number of nitrogens with two attached hydrogens (primary N) is 1. The molecule has 0 bridgehead atoms. The van der Waals surface area contributed by atoms with Gasteiger partial charge in [-0.25, -0.2) is 15.0 Å². The molecule has 2 aromatic heterocycles. The van der Waals surface area contributed by atoms with Crippen molar-refractivity contribution in [1.29, 1.82) is 0 Å². The Morgan fingerprint density at radius 3 is 2.70 bits per heavy atom. The van der Waals surface area contributed by atoms with Crippen molar-refractivity contribution in [1.82, 2.24) is 14.9 Å². The molecule has 0 amide bonds. The van der Waals surface area contributed by atoms with Gasteiger partial charge in [-0.2, -0.15) is 0 Å². The average molecular weight is 464 g/mol. The van der Waals surface area contributed by atoms with Crippen LogP contribution in [0.4, 0.5) is 5.13 Å². The average Bonchev–Trinajstić information content (AvgIpc) is 3.24. The summed E-state index contributed by atoms with van der Waals surface area (Å²) in [5.41, 5.74) is 7.13. The van der Waals surface area contributed by atoms with Crippen LogP contribution in [0.2, 0.25) is 0 Å². The van der Waals surface area contributed by atoms with E-state index in [0.717, 1.165) is 48.4 Å². The van der Waals surface area contributed by atoms with Crippen molar-refractivity contribution in [2.45, 2.75) is 19.9 Å². The van der Waals surface area contributed by atoms with Gasteiger partial charge in [0.2, 0.25) is 0 Å². The first-order valence-electron chi connectivity index (χ1n) is 7.39. The maximum atomic E-state index is 6.12. The van der Waals surface area contributed by atoms with Gasteiger partial charge in [-0.1, -0.05) is 6.92 Å². The summed E-state index contributed by atoms with van der Waals surface area (Å²) in [5.74, 6) is 0.616. The number of hydrogen-bond acceptors (Lipinski definition) is 6. The molecule has 1 saturated heterocycles. The molecule has 1 aliphatic heterocycles. The minimum absolute atomic E-state index is 0. The minimum atomic E-state index is 0. The predicted octanol–water partition coefficient (Wildman–Crippen LogP) is 2.42. The lowest BCUT2D eigenvalue weighted by Gasteiger charge is -2.35. The molecule has 3 heterocycles. The van der Waals surface area contributed by atoms with E-state index < -0.39 is 0 Å². The van der Waals surface area contributed by atoms with E-state index in [9.17, 15) is 0 Å². The largest absolute Gasteiger partial charge is 0.370 e. The Kier molecular flexibility index (Phi) is 7.03. The summed E-state index contributed by atoms with van der Waals surface area (Å²) in [4.78, 5) is 17.8. The van der Waals surface area contributed by atoms with E-state index in [1.54, 1.807) is 22.7 Å². The highest BCUT2D eigenvalue weighted by molar-refractivity contribution is 14.0. The SMILES string of the molecule is CCc1nc(CN=C(N)N2CCN(c3nccs3)CC2)cs1.I. The van der Waals surface area contributed by atoms with Crippen molar-refractivity contribution in [3.8, 4) is 0 Å². The van der Waals surface area contributed by atoms with Gasteiger partial charge in [0.15, 0.2) is 11.1 Å². The van der Waals surface area contributed by atoms with Gasteiger partial charge in [-0.3, -0.25) is 0 Å². The van der Waals surface area contributed by atoms with Crippen LogP contribution < -0.4 is 10.6 Å². The molecule has 126 valence electrons. The molecule has 0 unspecified atom stereocenters. The van der Waals surface area contributed by atoms with Gasteiger partial charge in [-0.15, -0.1) is 46.7 Å². The number of thiazole rings is 2. The number of aryl methyl sites for hydroxylation is 1. The fraction of sp³-hybridized carbons (Fsp3) is 0.500. The Morgan fingerprint density at radius 1 is 1.30 bits per heavy atom. The molecular weight excluding hydrogens is 443 g/mol. The second kappa shape index (κ2) is 8.78. The second-order valence-electron chi connectivity index (χ2n) is 5.05. The first-order valence-corrected chi connectivity index (χ1v) is 9.14. The molecule has 2 aromatic rings. The highest BCUT2D eigenvalue weighted by atomic mass is 127. The minimum Gasteiger partial charge on any atom is -0.370 e. The van der Waals surface area contributed by atoms with Gasteiger partial charge < -0.3 is 15.5 Å². The van der Waals surface area contributed by atoms with E-state index in [1.165, 1.54) is 0 Å². The van der Waals surface area contributed by atoms with E-state index in [2.05, 4.69) is 37.1 Å². The van der Waals surface area contributed by atoms with E-state index >= 15 is 0 Å². The van der Waals surface area contributed by atoms with Crippen molar-refractivity contribution >= 4 is 57.7 Å². The van der Waals surface area contributed by atoms with Crippen LogP contribution in [-0.4, -0.2) is 47.0 Å². The van der Waals surface area contributed by atoms with E-state index in [1.807, 2.05) is 11.6 Å². The standard InChI is InChI=1S/C14H20N6S2.HI/c1-2-12-18-11(10-22-12)9-17-13(15)19-4-6-20(7-5-19)14-16-3-8-21-14;/h3,8,10H,2,4-7,9H2,1H3,(H2,15,17);1H. The topological polar surface area (TPSA) is 70.6 Å². The predicted molar refractivity (Wildman–Crippen MR) is 108 cm³/mol. The molecule has 0 radical (unpaired) electrons. The zero-order valence-electron chi connectivity index (χ0n) is 13.0. The van der Waals surface area contributed by atoms with Gasteiger partial charge in [0.05, 0.1) is 17.2 Å². The quantitative estimate of drug-likeness (QED) is 0.428. The van der Waals surface area contributed by atoms with E-state index in [0.29, 0.717) is 12.5 Å². The van der Waals surface area contributed by atoms with Crippen molar-refractivity contribution in [3.05, 3.63) is 27.7 Å². The number of hydrogen-bond donors (Lipinski definition) is 1. The molecule has 0 spiro atoms. The smallest absolute Gasteiger partial charge is 0.191 e. The molecule has 2 N–H and O–H groups in total. The summed E-state index contributed by atoms with van der Waals surface area (Å²) < 4.78 is 0. The fourth-order valence-corrected chi connectivity index (χ4v) is 3.78. The van der Waals surface area contributed by atoms with Gasteiger partial charge >= 0.3 is 0 Å². The maximum absolute atomic E-state index is 6.12. The molecule has 3 rings (SSSR count). The summed E-state index contributed by atoms with van der Waals surface area (Å²) in [7, 11) is 0.